The van der Waals surface area contributed by atoms with Gasteiger partial charge in [-0.05, 0) is 23.1 Å². The standard InChI is InChI=1S/C10H10N4OS/c11-9(15)4-6-3-8(16-5-6)7-1-2-13-10(12)14-7/h1-3,5H,4H2,(H2,11,15)(H2,12,13,14). The highest BCUT2D eigenvalue weighted by molar-refractivity contribution is 7.13. The minimum absolute atomic E-state index is 0.238. The third-order valence-corrected chi connectivity index (χ3v) is 2.96. The minimum atomic E-state index is -0.341. The van der Waals surface area contributed by atoms with Gasteiger partial charge in [0.05, 0.1) is 17.0 Å². The van der Waals surface area contributed by atoms with Crippen LogP contribution >= 0.6 is 11.3 Å². The Morgan fingerprint density at radius 3 is 3.00 bits per heavy atom. The Bertz CT molecular complexity index is 523. The van der Waals surface area contributed by atoms with Crippen molar-refractivity contribution in [2.24, 2.45) is 5.73 Å². The molecule has 2 rings (SSSR count). The Labute approximate surface area is 96.1 Å². The fourth-order valence-corrected chi connectivity index (χ4v) is 2.20. The number of nitrogen functional groups attached to an aromatic ring is 1. The number of carbonyl (C=O) groups excluding carboxylic acids is 1. The molecule has 0 aromatic carbocycles. The van der Waals surface area contributed by atoms with Crippen LogP contribution in [0.25, 0.3) is 10.6 Å². The van der Waals surface area contributed by atoms with Gasteiger partial charge in [-0.2, -0.15) is 0 Å². The summed E-state index contributed by atoms with van der Waals surface area (Å²) >= 11 is 1.50. The molecule has 0 saturated heterocycles. The quantitative estimate of drug-likeness (QED) is 0.821. The highest BCUT2D eigenvalue weighted by Gasteiger charge is 2.06. The first-order valence-electron chi connectivity index (χ1n) is 4.60. The van der Waals surface area contributed by atoms with Crippen molar-refractivity contribution in [3.05, 3.63) is 29.3 Å². The molecule has 2 aromatic rings. The van der Waals surface area contributed by atoms with E-state index < -0.39 is 0 Å². The molecule has 1 amide bonds. The van der Waals surface area contributed by atoms with Crippen molar-refractivity contribution in [3.8, 4) is 10.6 Å². The Balaban J connectivity index is 2.28. The number of primary amides is 1. The van der Waals surface area contributed by atoms with Gasteiger partial charge in [0.2, 0.25) is 11.9 Å². The van der Waals surface area contributed by atoms with Gasteiger partial charge in [-0.1, -0.05) is 0 Å². The van der Waals surface area contributed by atoms with Crippen LogP contribution in [0.15, 0.2) is 23.7 Å². The summed E-state index contributed by atoms with van der Waals surface area (Å²) < 4.78 is 0. The molecule has 0 spiro atoms. The highest BCUT2D eigenvalue weighted by Crippen LogP contribution is 2.25. The number of nitrogens with two attached hydrogens (primary N) is 2. The molecule has 0 bridgehead atoms. The van der Waals surface area contributed by atoms with Gasteiger partial charge in [0.15, 0.2) is 0 Å². The van der Waals surface area contributed by atoms with E-state index in [1.807, 2.05) is 11.4 Å². The number of rotatable bonds is 3. The van der Waals surface area contributed by atoms with E-state index in [1.165, 1.54) is 11.3 Å². The van der Waals surface area contributed by atoms with Crippen LogP contribution in [0.2, 0.25) is 0 Å². The van der Waals surface area contributed by atoms with Gasteiger partial charge in [0.25, 0.3) is 0 Å². The molecule has 0 unspecified atom stereocenters. The SMILES string of the molecule is NC(=O)Cc1csc(-c2ccnc(N)n2)c1. The molecule has 16 heavy (non-hydrogen) atoms. The first kappa shape index (κ1) is 10.6. The number of hydrogen-bond donors (Lipinski definition) is 2. The summed E-state index contributed by atoms with van der Waals surface area (Å²) in [6.07, 6.45) is 1.85. The number of nitrogens with zero attached hydrogens (tertiary/aromatic N) is 2. The fraction of sp³-hybridized carbons (Fsp3) is 0.100. The maximum Gasteiger partial charge on any atom is 0.221 e. The second kappa shape index (κ2) is 4.28. The van der Waals surface area contributed by atoms with Crippen molar-refractivity contribution >= 4 is 23.2 Å². The summed E-state index contributed by atoms with van der Waals surface area (Å²) in [5.74, 6) is -0.103. The van der Waals surface area contributed by atoms with Crippen LogP contribution in [0.4, 0.5) is 5.95 Å². The molecular weight excluding hydrogens is 224 g/mol. The van der Waals surface area contributed by atoms with Gasteiger partial charge in [-0.3, -0.25) is 4.79 Å². The van der Waals surface area contributed by atoms with Crippen LogP contribution in [0, 0.1) is 0 Å². The van der Waals surface area contributed by atoms with E-state index in [0.717, 1.165) is 16.1 Å². The lowest BCUT2D eigenvalue weighted by atomic mass is 10.2. The molecule has 0 aliphatic heterocycles. The smallest absolute Gasteiger partial charge is 0.221 e. The Kier molecular flexibility index (Phi) is 2.82. The van der Waals surface area contributed by atoms with Crippen molar-refractivity contribution in [2.45, 2.75) is 6.42 Å². The lowest BCUT2D eigenvalue weighted by Gasteiger charge is -1.96. The lowest BCUT2D eigenvalue weighted by Crippen LogP contribution is -2.12. The molecule has 2 aromatic heterocycles. The molecule has 6 heteroatoms. The van der Waals surface area contributed by atoms with Crippen molar-refractivity contribution in [1.29, 1.82) is 0 Å². The summed E-state index contributed by atoms with van der Waals surface area (Å²) in [6, 6.07) is 3.66. The van der Waals surface area contributed by atoms with Crippen LogP contribution in [0.5, 0.6) is 0 Å². The van der Waals surface area contributed by atoms with E-state index in [1.54, 1.807) is 12.3 Å². The van der Waals surface area contributed by atoms with Crippen LogP contribution in [-0.2, 0) is 11.2 Å². The predicted molar refractivity (Wildman–Crippen MR) is 62.7 cm³/mol. The van der Waals surface area contributed by atoms with E-state index in [2.05, 4.69) is 9.97 Å². The molecule has 4 N–H and O–H groups in total. The van der Waals surface area contributed by atoms with Crippen molar-refractivity contribution in [3.63, 3.8) is 0 Å². The van der Waals surface area contributed by atoms with Gasteiger partial charge < -0.3 is 11.5 Å². The normalized spacial score (nSPS) is 10.2. The maximum atomic E-state index is 10.7. The number of amides is 1. The van der Waals surface area contributed by atoms with Crippen molar-refractivity contribution in [1.82, 2.24) is 9.97 Å². The highest BCUT2D eigenvalue weighted by atomic mass is 32.1. The number of aromatic nitrogens is 2. The second-order valence-corrected chi connectivity index (χ2v) is 4.17. The average molecular weight is 234 g/mol. The summed E-state index contributed by atoms with van der Waals surface area (Å²) in [4.78, 5) is 19.6. The third-order valence-electron chi connectivity index (χ3n) is 1.96. The first-order valence-corrected chi connectivity index (χ1v) is 5.48. The van der Waals surface area contributed by atoms with Crippen molar-refractivity contribution < 1.29 is 4.79 Å². The molecule has 0 aliphatic carbocycles. The van der Waals surface area contributed by atoms with Gasteiger partial charge in [0.1, 0.15) is 0 Å². The maximum absolute atomic E-state index is 10.7. The Morgan fingerprint density at radius 1 is 1.50 bits per heavy atom. The number of hydrogen-bond acceptors (Lipinski definition) is 5. The zero-order valence-corrected chi connectivity index (χ0v) is 9.20. The Hall–Kier alpha value is -1.95. The zero-order valence-electron chi connectivity index (χ0n) is 8.38. The van der Waals surface area contributed by atoms with E-state index in [4.69, 9.17) is 11.5 Å². The van der Waals surface area contributed by atoms with E-state index in [-0.39, 0.29) is 18.3 Å². The molecular formula is C10H10N4OS. The summed E-state index contributed by atoms with van der Waals surface area (Å²) in [6.45, 7) is 0. The zero-order chi connectivity index (χ0) is 11.5. The van der Waals surface area contributed by atoms with Gasteiger partial charge >= 0.3 is 0 Å². The molecule has 2 heterocycles. The lowest BCUT2D eigenvalue weighted by molar-refractivity contribution is -0.117. The number of thiophene rings is 1. The van der Waals surface area contributed by atoms with E-state index in [9.17, 15) is 4.79 Å². The number of anilines is 1. The summed E-state index contributed by atoms with van der Waals surface area (Å²) in [7, 11) is 0. The minimum Gasteiger partial charge on any atom is -0.369 e. The molecule has 0 saturated carbocycles. The average Bonchev–Trinajstić information content (AvgIpc) is 2.65. The first-order chi connectivity index (χ1) is 7.65. The topological polar surface area (TPSA) is 94.9 Å². The monoisotopic (exact) mass is 234 g/mol. The largest absolute Gasteiger partial charge is 0.369 e. The Morgan fingerprint density at radius 2 is 2.31 bits per heavy atom. The van der Waals surface area contributed by atoms with Crippen molar-refractivity contribution in [2.75, 3.05) is 5.73 Å². The molecule has 0 fully saturated rings. The molecule has 0 aliphatic rings. The number of carbonyl (C=O) groups is 1. The van der Waals surface area contributed by atoms with Crippen LogP contribution < -0.4 is 11.5 Å². The van der Waals surface area contributed by atoms with E-state index in [0.29, 0.717) is 0 Å². The van der Waals surface area contributed by atoms with Gasteiger partial charge in [-0.25, -0.2) is 9.97 Å². The van der Waals surface area contributed by atoms with Gasteiger partial charge in [0, 0.05) is 6.20 Å². The second-order valence-electron chi connectivity index (χ2n) is 3.26. The molecule has 0 atom stereocenters. The fourth-order valence-electron chi connectivity index (χ4n) is 1.31. The van der Waals surface area contributed by atoms with Crippen LogP contribution in [0.1, 0.15) is 5.56 Å². The van der Waals surface area contributed by atoms with Gasteiger partial charge in [-0.15, -0.1) is 11.3 Å². The van der Waals surface area contributed by atoms with Crippen LogP contribution in [0.3, 0.4) is 0 Å². The molecule has 5 nitrogen and oxygen atoms in total. The molecule has 82 valence electrons. The van der Waals surface area contributed by atoms with Crippen LogP contribution in [-0.4, -0.2) is 15.9 Å². The predicted octanol–water partition coefficient (Wildman–Crippen LogP) is 0.815. The molecule has 0 radical (unpaired) electrons. The summed E-state index contributed by atoms with van der Waals surface area (Å²) in [5, 5.41) is 1.89. The third kappa shape index (κ3) is 2.34. The van der Waals surface area contributed by atoms with E-state index >= 15 is 0 Å². The summed E-state index contributed by atoms with van der Waals surface area (Å²) in [5.41, 5.74) is 12.3.